The second kappa shape index (κ2) is 4.97. The molecule has 0 aliphatic carbocycles. The number of hydrogen-bond donors (Lipinski definition) is 0. The third kappa shape index (κ3) is 2.20. The Morgan fingerprint density at radius 2 is 2.06 bits per heavy atom. The first kappa shape index (κ1) is 12.9. The molecule has 1 saturated heterocycles. The molecule has 0 spiro atoms. The standard InChI is InChI=1S/C15H19FN2/c1-10-7-11(2)12(3)18(9-10)15-6-4-5-14(16)13(15)8-17/h4-6,10-12H,7,9H2,1-3H3. The lowest BCUT2D eigenvalue weighted by Crippen LogP contribution is -2.46. The average Bonchev–Trinajstić information content (AvgIpc) is 2.33. The van der Waals surface area contributed by atoms with Crippen molar-refractivity contribution in [2.24, 2.45) is 11.8 Å². The zero-order valence-electron chi connectivity index (χ0n) is 11.2. The summed E-state index contributed by atoms with van der Waals surface area (Å²) in [6.45, 7) is 7.48. The maximum atomic E-state index is 13.7. The van der Waals surface area contributed by atoms with Crippen molar-refractivity contribution in [2.45, 2.75) is 33.2 Å². The van der Waals surface area contributed by atoms with Gasteiger partial charge in [-0.15, -0.1) is 0 Å². The molecule has 0 bridgehead atoms. The first-order chi connectivity index (χ1) is 8.54. The van der Waals surface area contributed by atoms with Crippen molar-refractivity contribution in [1.82, 2.24) is 0 Å². The van der Waals surface area contributed by atoms with Crippen molar-refractivity contribution in [3.05, 3.63) is 29.6 Å². The second-order valence-corrected chi connectivity index (χ2v) is 5.46. The molecular formula is C15H19FN2. The minimum Gasteiger partial charge on any atom is -0.367 e. The molecule has 1 aromatic carbocycles. The van der Waals surface area contributed by atoms with E-state index in [0.29, 0.717) is 17.9 Å². The summed E-state index contributed by atoms with van der Waals surface area (Å²) < 4.78 is 13.7. The van der Waals surface area contributed by atoms with Gasteiger partial charge in [0.05, 0.1) is 5.69 Å². The second-order valence-electron chi connectivity index (χ2n) is 5.46. The Hall–Kier alpha value is -1.56. The van der Waals surface area contributed by atoms with Gasteiger partial charge in [-0.25, -0.2) is 4.39 Å². The SMILES string of the molecule is CC1CC(C)C(C)N(c2cccc(F)c2C#N)C1. The highest BCUT2D eigenvalue weighted by atomic mass is 19.1. The number of halogens is 1. The van der Waals surface area contributed by atoms with Gasteiger partial charge in [-0.2, -0.15) is 5.26 Å². The average molecular weight is 246 g/mol. The number of benzene rings is 1. The van der Waals surface area contributed by atoms with Crippen molar-refractivity contribution < 1.29 is 4.39 Å². The van der Waals surface area contributed by atoms with Crippen LogP contribution in [0.4, 0.5) is 10.1 Å². The molecule has 0 aromatic heterocycles. The highest BCUT2D eigenvalue weighted by molar-refractivity contribution is 5.60. The molecule has 2 rings (SSSR count). The Morgan fingerprint density at radius 1 is 1.33 bits per heavy atom. The molecule has 2 nitrogen and oxygen atoms in total. The molecule has 96 valence electrons. The summed E-state index contributed by atoms with van der Waals surface area (Å²) >= 11 is 0. The summed E-state index contributed by atoms with van der Waals surface area (Å²) in [5.74, 6) is 0.711. The summed E-state index contributed by atoms with van der Waals surface area (Å²) in [5.41, 5.74) is 0.911. The number of rotatable bonds is 1. The quantitative estimate of drug-likeness (QED) is 0.757. The van der Waals surface area contributed by atoms with Crippen LogP contribution in [0.25, 0.3) is 0 Å². The van der Waals surface area contributed by atoms with Crippen LogP contribution in [0.5, 0.6) is 0 Å². The van der Waals surface area contributed by atoms with Crippen LogP contribution in [-0.4, -0.2) is 12.6 Å². The van der Waals surface area contributed by atoms with E-state index in [1.165, 1.54) is 12.5 Å². The van der Waals surface area contributed by atoms with Gasteiger partial charge in [0.15, 0.2) is 0 Å². The van der Waals surface area contributed by atoms with Crippen molar-refractivity contribution >= 4 is 5.69 Å². The molecule has 3 unspecified atom stereocenters. The number of anilines is 1. The lowest BCUT2D eigenvalue weighted by molar-refractivity contribution is 0.296. The molecule has 1 fully saturated rings. The van der Waals surface area contributed by atoms with Crippen molar-refractivity contribution in [3.8, 4) is 6.07 Å². The lowest BCUT2D eigenvalue weighted by Gasteiger charge is -2.43. The van der Waals surface area contributed by atoms with Gasteiger partial charge >= 0.3 is 0 Å². The van der Waals surface area contributed by atoms with Gasteiger partial charge in [-0.1, -0.05) is 19.9 Å². The molecule has 0 N–H and O–H groups in total. The molecule has 3 heteroatoms. The summed E-state index contributed by atoms with van der Waals surface area (Å²) in [6, 6.07) is 7.22. The highest BCUT2D eigenvalue weighted by Gasteiger charge is 2.30. The topological polar surface area (TPSA) is 27.0 Å². The monoisotopic (exact) mass is 246 g/mol. The first-order valence-corrected chi connectivity index (χ1v) is 6.49. The maximum Gasteiger partial charge on any atom is 0.143 e. The third-order valence-corrected chi connectivity index (χ3v) is 4.01. The predicted molar refractivity (Wildman–Crippen MR) is 70.9 cm³/mol. The van der Waals surface area contributed by atoms with Gasteiger partial charge in [0.25, 0.3) is 0 Å². The van der Waals surface area contributed by atoms with Crippen LogP contribution in [-0.2, 0) is 0 Å². The van der Waals surface area contributed by atoms with Crippen LogP contribution in [0.3, 0.4) is 0 Å². The van der Waals surface area contributed by atoms with Crippen LogP contribution in [0.15, 0.2) is 18.2 Å². The fourth-order valence-corrected chi connectivity index (χ4v) is 2.90. The van der Waals surface area contributed by atoms with Gasteiger partial charge in [-0.3, -0.25) is 0 Å². The highest BCUT2D eigenvalue weighted by Crippen LogP contribution is 2.33. The summed E-state index contributed by atoms with van der Waals surface area (Å²) in [6.07, 6.45) is 1.19. The van der Waals surface area contributed by atoms with E-state index in [1.807, 2.05) is 12.1 Å². The third-order valence-electron chi connectivity index (χ3n) is 4.01. The van der Waals surface area contributed by atoms with Crippen molar-refractivity contribution in [3.63, 3.8) is 0 Å². The molecule has 0 radical (unpaired) electrons. The summed E-state index contributed by atoms with van der Waals surface area (Å²) in [5, 5.41) is 9.13. The first-order valence-electron chi connectivity index (χ1n) is 6.49. The van der Waals surface area contributed by atoms with E-state index in [9.17, 15) is 4.39 Å². The smallest absolute Gasteiger partial charge is 0.143 e. The minimum atomic E-state index is -0.423. The normalized spacial score (nSPS) is 27.9. The predicted octanol–water partition coefficient (Wildman–Crippen LogP) is 3.57. The minimum absolute atomic E-state index is 0.172. The Bertz CT molecular complexity index is 478. The molecule has 1 aliphatic heterocycles. The van der Waals surface area contributed by atoms with Crippen LogP contribution in [0.2, 0.25) is 0 Å². The van der Waals surface area contributed by atoms with E-state index in [0.717, 1.165) is 12.2 Å². The van der Waals surface area contributed by atoms with Crippen LogP contribution in [0, 0.1) is 29.0 Å². The Balaban J connectivity index is 2.42. The van der Waals surface area contributed by atoms with Gasteiger partial charge < -0.3 is 4.90 Å². The van der Waals surface area contributed by atoms with Crippen molar-refractivity contribution in [2.75, 3.05) is 11.4 Å². The maximum absolute atomic E-state index is 13.7. The van der Waals surface area contributed by atoms with Crippen LogP contribution < -0.4 is 4.90 Å². The number of nitrogens with zero attached hydrogens (tertiary/aromatic N) is 2. The number of hydrogen-bond acceptors (Lipinski definition) is 2. The van der Waals surface area contributed by atoms with E-state index < -0.39 is 5.82 Å². The molecule has 0 saturated carbocycles. The lowest BCUT2D eigenvalue weighted by atomic mass is 9.85. The number of nitriles is 1. The van der Waals surface area contributed by atoms with E-state index in [1.54, 1.807) is 6.07 Å². The Kier molecular flexibility index (Phi) is 3.56. The molecule has 0 amide bonds. The summed E-state index contributed by atoms with van der Waals surface area (Å²) in [4.78, 5) is 2.18. The molecular weight excluding hydrogens is 227 g/mol. The van der Waals surface area contributed by atoms with Gasteiger partial charge in [0, 0.05) is 12.6 Å². The molecule has 1 aromatic rings. The molecule has 1 heterocycles. The zero-order chi connectivity index (χ0) is 13.3. The molecule has 1 aliphatic rings. The van der Waals surface area contributed by atoms with E-state index >= 15 is 0 Å². The fraction of sp³-hybridized carbons (Fsp3) is 0.533. The Morgan fingerprint density at radius 3 is 2.72 bits per heavy atom. The molecule has 3 atom stereocenters. The van der Waals surface area contributed by atoms with E-state index in [2.05, 4.69) is 25.7 Å². The largest absolute Gasteiger partial charge is 0.367 e. The van der Waals surface area contributed by atoms with Gasteiger partial charge in [0.2, 0.25) is 0 Å². The van der Waals surface area contributed by atoms with Crippen LogP contribution in [0.1, 0.15) is 32.8 Å². The van der Waals surface area contributed by atoms with Gasteiger partial charge in [-0.05, 0) is 37.3 Å². The van der Waals surface area contributed by atoms with Crippen LogP contribution >= 0.6 is 0 Å². The number of piperidine rings is 1. The molecule has 18 heavy (non-hydrogen) atoms. The van der Waals surface area contributed by atoms with E-state index in [4.69, 9.17) is 5.26 Å². The zero-order valence-corrected chi connectivity index (χ0v) is 11.2. The van der Waals surface area contributed by atoms with Gasteiger partial charge in [0.1, 0.15) is 17.4 Å². The fourth-order valence-electron chi connectivity index (χ4n) is 2.90. The van der Waals surface area contributed by atoms with Crippen molar-refractivity contribution in [1.29, 1.82) is 5.26 Å². The summed E-state index contributed by atoms with van der Waals surface area (Å²) in [7, 11) is 0. The Labute approximate surface area is 108 Å². The van der Waals surface area contributed by atoms with E-state index in [-0.39, 0.29) is 5.56 Å².